The second-order valence-corrected chi connectivity index (χ2v) is 4.33. The summed E-state index contributed by atoms with van der Waals surface area (Å²) in [5.41, 5.74) is 1.33. The zero-order valence-corrected chi connectivity index (χ0v) is 8.91. The SMILES string of the molecule is Ic1cncc(C2CCCN2)c1. The molecule has 12 heavy (non-hydrogen) atoms. The van der Waals surface area contributed by atoms with Gasteiger partial charge in [-0.25, -0.2) is 0 Å². The van der Waals surface area contributed by atoms with Crippen molar-refractivity contribution in [2.45, 2.75) is 18.9 Å². The van der Waals surface area contributed by atoms with Crippen LogP contribution in [-0.2, 0) is 0 Å². The topological polar surface area (TPSA) is 24.9 Å². The van der Waals surface area contributed by atoms with Crippen molar-refractivity contribution in [1.82, 2.24) is 10.3 Å². The second kappa shape index (κ2) is 3.70. The van der Waals surface area contributed by atoms with Crippen molar-refractivity contribution in [1.29, 1.82) is 0 Å². The third-order valence-electron chi connectivity index (χ3n) is 2.19. The lowest BCUT2D eigenvalue weighted by molar-refractivity contribution is 0.644. The summed E-state index contributed by atoms with van der Waals surface area (Å²) in [6.45, 7) is 1.15. The Bertz CT molecular complexity index is 269. The first-order valence-electron chi connectivity index (χ1n) is 4.20. The first-order valence-corrected chi connectivity index (χ1v) is 5.28. The smallest absolute Gasteiger partial charge is 0.0401 e. The zero-order chi connectivity index (χ0) is 8.39. The quantitative estimate of drug-likeness (QED) is 0.793. The Morgan fingerprint density at radius 1 is 1.50 bits per heavy atom. The molecule has 2 nitrogen and oxygen atoms in total. The zero-order valence-electron chi connectivity index (χ0n) is 6.76. The van der Waals surface area contributed by atoms with Crippen molar-refractivity contribution >= 4 is 22.6 Å². The van der Waals surface area contributed by atoms with Crippen LogP contribution >= 0.6 is 22.6 Å². The fourth-order valence-electron chi connectivity index (χ4n) is 1.59. The monoisotopic (exact) mass is 274 g/mol. The second-order valence-electron chi connectivity index (χ2n) is 3.09. The van der Waals surface area contributed by atoms with Crippen LogP contribution in [0, 0.1) is 3.57 Å². The van der Waals surface area contributed by atoms with E-state index in [-0.39, 0.29) is 0 Å². The highest BCUT2D eigenvalue weighted by molar-refractivity contribution is 14.1. The average Bonchev–Trinajstić information content (AvgIpc) is 2.56. The molecule has 1 aliphatic heterocycles. The van der Waals surface area contributed by atoms with Crippen molar-refractivity contribution in [2.75, 3.05) is 6.54 Å². The average molecular weight is 274 g/mol. The summed E-state index contributed by atoms with van der Waals surface area (Å²) >= 11 is 2.30. The van der Waals surface area contributed by atoms with Gasteiger partial charge in [0.15, 0.2) is 0 Å². The summed E-state index contributed by atoms with van der Waals surface area (Å²) in [4.78, 5) is 4.18. The summed E-state index contributed by atoms with van der Waals surface area (Å²) in [6, 6.07) is 2.75. The normalized spacial score (nSPS) is 22.9. The molecule has 0 radical (unpaired) electrons. The Morgan fingerprint density at radius 2 is 2.42 bits per heavy atom. The van der Waals surface area contributed by atoms with Crippen LogP contribution in [0.4, 0.5) is 0 Å². The maximum absolute atomic E-state index is 4.18. The summed E-state index contributed by atoms with van der Waals surface area (Å²) in [5.74, 6) is 0. The van der Waals surface area contributed by atoms with Gasteiger partial charge in [-0.05, 0) is 53.6 Å². The highest BCUT2D eigenvalue weighted by Gasteiger charge is 2.15. The van der Waals surface area contributed by atoms with E-state index in [1.807, 2.05) is 12.4 Å². The minimum Gasteiger partial charge on any atom is -0.310 e. The molecule has 1 aromatic heterocycles. The van der Waals surface area contributed by atoms with Crippen LogP contribution in [0.1, 0.15) is 24.4 Å². The number of nitrogens with one attached hydrogen (secondary N) is 1. The highest BCUT2D eigenvalue weighted by atomic mass is 127. The molecule has 1 fully saturated rings. The van der Waals surface area contributed by atoms with Gasteiger partial charge in [0.25, 0.3) is 0 Å². The lowest BCUT2D eigenvalue weighted by Crippen LogP contribution is -2.13. The van der Waals surface area contributed by atoms with Crippen molar-refractivity contribution in [3.05, 3.63) is 27.6 Å². The molecule has 2 rings (SSSR count). The largest absolute Gasteiger partial charge is 0.310 e. The van der Waals surface area contributed by atoms with Gasteiger partial charge in [0.1, 0.15) is 0 Å². The van der Waals surface area contributed by atoms with Gasteiger partial charge in [-0.3, -0.25) is 4.98 Å². The Kier molecular flexibility index (Phi) is 2.60. The molecule has 1 aliphatic rings. The van der Waals surface area contributed by atoms with E-state index in [2.05, 4.69) is 39.0 Å². The maximum atomic E-state index is 4.18. The van der Waals surface area contributed by atoms with E-state index in [0.717, 1.165) is 6.54 Å². The van der Waals surface area contributed by atoms with Crippen LogP contribution < -0.4 is 5.32 Å². The molecule has 1 saturated heterocycles. The maximum Gasteiger partial charge on any atom is 0.0401 e. The number of nitrogens with zero attached hydrogens (tertiary/aromatic N) is 1. The van der Waals surface area contributed by atoms with Gasteiger partial charge in [-0.15, -0.1) is 0 Å². The van der Waals surface area contributed by atoms with Crippen molar-refractivity contribution in [2.24, 2.45) is 0 Å². The number of aromatic nitrogens is 1. The van der Waals surface area contributed by atoms with Gasteiger partial charge in [0.05, 0.1) is 0 Å². The molecule has 2 heterocycles. The van der Waals surface area contributed by atoms with Crippen LogP contribution in [0.2, 0.25) is 0 Å². The standard InChI is InChI=1S/C9H11IN2/c10-8-4-7(5-11-6-8)9-2-1-3-12-9/h4-6,9,12H,1-3H2. The van der Waals surface area contributed by atoms with E-state index >= 15 is 0 Å². The van der Waals surface area contributed by atoms with Gasteiger partial charge in [0, 0.05) is 22.0 Å². The van der Waals surface area contributed by atoms with Gasteiger partial charge < -0.3 is 5.32 Å². The van der Waals surface area contributed by atoms with Gasteiger partial charge in [-0.2, -0.15) is 0 Å². The third-order valence-corrected chi connectivity index (χ3v) is 2.78. The van der Waals surface area contributed by atoms with Crippen molar-refractivity contribution in [3.63, 3.8) is 0 Å². The molecule has 0 saturated carbocycles. The summed E-state index contributed by atoms with van der Waals surface area (Å²) < 4.78 is 1.22. The van der Waals surface area contributed by atoms with Crippen LogP contribution in [0.3, 0.4) is 0 Å². The lowest BCUT2D eigenvalue weighted by atomic mass is 10.1. The molecule has 0 spiro atoms. The van der Waals surface area contributed by atoms with Crippen LogP contribution in [0.5, 0.6) is 0 Å². The van der Waals surface area contributed by atoms with E-state index in [9.17, 15) is 0 Å². The Balaban J connectivity index is 2.21. The molecule has 1 atom stereocenters. The number of hydrogen-bond donors (Lipinski definition) is 1. The van der Waals surface area contributed by atoms with E-state index in [1.165, 1.54) is 22.0 Å². The molecule has 1 aromatic rings. The molecule has 1 N–H and O–H groups in total. The van der Waals surface area contributed by atoms with Crippen molar-refractivity contribution < 1.29 is 0 Å². The van der Waals surface area contributed by atoms with Crippen LogP contribution in [-0.4, -0.2) is 11.5 Å². The first-order chi connectivity index (χ1) is 5.86. The number of pyridine rings is 1. The molecule has 1 unspecified atom stereocenters. The summed E-state index contributed by atoms with van der Waals surface area (Å²) in [6.07, 6.45) is 6.39. The Morgan fingerprint density at radius 3 is 3.08 bits per heavy atom. The number of halogens is 1. The molecule has 64 valence electrons. The Labute approximate surface area is 85.9 Å². The van der Waals surface area contributed by atoms with Crippen LogP contribution in [0.15, 0.2) is 18.5 Å². The molecule has 3 heteroatoms. The summed E-state index contributed by atoms with van der Waals surface area (Å²) in [5, 5.41) is 3.46. The molecular weight excluding hydrogens is 263 g/mol. The van der Waals surface area contributed by atoms with Gasteiger partial charge in [0.2, 0.25) is 0 Å². The lowest BCUT2D eigenvalue weighted by Gasteiger charge is -2.09. The first kappa shape index (κ1) is 8.44. The van der Waals surface area contributed by atoms with Crippen molar-refractivity contribution in [3.8, 4) is 0 Å². The predicted molar refractivity (Wildman–Crippen MR) is 56.9 cm³/mol. The molecule has 0 aliphatic carbocycles. The number of hydrogen-bond acceptors (Lipinski definition) is 2. The fourth-order valence-corrected chi connectivity index (χ4v) is 2.11. The highest BCUT2D eigenvalue weighted by Crippen LogP contribution is 2.22. The Hall–Kier alpha value is -0.160. The third kappa shape index (κ3) is 1.77. The van der Waals surface area contributed by atoms with Crippen LogP contribution in [0.25, 0.3) is 0 Å². The molecule has 0 bridgehead atoms. The van der Waals surface area contributed by atoms with E-state index in [0.29, 0.717) is 6.04 Å². The summed E-state index contributed by atoms with van der Waals surface area (Å²) in [7, 11) is 0. The predicted octanol–water partition coefficient (Wildman–Crippen LogP) is 2.11. The molecule has 0 amide bonds. The molecular formula is C9H11IN2. The van der Waals surface area contributed by atoms with E-state index in [4.69, 9.17) is 0 Å². The molecule has 0 aromatic carbocycles. The minimum atomic E-state index is 0.548. The minimum absolute atomic E-state index is 0.548. The van der Waals surface area contributed by atoms with Gasteiger partial charge in [-0.1, -0.05) is 0 Å². The van der Waals surface area contributed by atoms with E-state index < -0.39 is 0 Å². The fraction of sp³-hybridized carbons (Fsp3) is 0.444. The van der Waals surface area contributed by atoms with Gasteiger partial charge >= 0.3 is 0 Å². The number of rotatable bonds is 1. The van der Waals surface area contributed by atoms with E-state index in [1.54, 1.807) is 0 Å².